The van der Waals surface area contributed by atoms with Crippen molar-refractivity contribution in [2.75, 3.05) is 20.4 Å². The smallest absolute Gasteiger partial charge is 0.388 e. The van der Waals surface area contributed by atoms with Crippen LogP contribution in [0.1, 0.15) is 99.6 Å². The third-order valence-corrected chi connectivity index (χ3v) is 15.0. The number of benzene rings is 5. The molecule has 276 valence electrons. The van der Waals surface area contributed by atoms with E-state index in [0.29, 0.717) is 11.3 Å². The molecule has 0 unspecified atom stereocenters. The molecule has 1 aliphatic heterocycles. The summed E-state index contributed by atoms with van der Waals surface area (Å²) in [6.07, 6.45) is 2.95. The van der Waals surface area contributed by atoms with Gasteiger partial charge in [-0.05, 0) is 64.6 Å². The Kier molecular flexibility index (Phi) is 10.8. The highest BCUT2D eigenvalue weighted by Crippen LogP contribution is 2.71. The Balaban J connectivity index is 1.45. The molecule has 5 nitrogen and oxygen atoms in total. The van der Waals surface area contributed by atoms with Crippen molar-refractivity contribution in [1.29, 1.82) is 0 Å². The Hall–Kier alpha value is -4.01. The van der Waals surface area contributed by atoms with E-state index in [0.717, 1.165) is 69.1 Å². The molecular weight excluding hydrogens is 694 g/mol. The molecule has 1 fully saturated rings. The molecule has 1 aliphatic rings. The summed E-state index contributed by atoms with van der Waals surface area (Å²) in [6.45, 7) is 13.2. The van der Waals surface area contributed by atoms with E-state index in [-0.39, 0.29) is 16.9 Å². The Morgan fingerprint density at radius 1 is 0.604 bits per heavy atom. The quantitative estimate of drug-likeness (QED) is 0.138. The van der Waals surface area contributed by atoms with E-state index in [9.17, 15) is 0 Å². The van der Waals surface area contributed by atoms with Crippen LogP contribution < -0.4 is 14.0 Å². The van der Waals surface area contributed by atoms with Gasteiger partial charge < -0.3 is 17.9 Å². The lowest BCUT2D eigenvalue weighted by Crippen LogP contribution is -2.13. The van der Waals surface area contributed by atoms with E-state index in [1.54, 1.807) is 14.2 Å². The number of hydrogen-bond donors (Lipinski definition) is 0. The van der Waals surface area contributed by atoms with Crippen LogP contribution in [0.3, 0.4) is 0 Å². The minimum Gasteiger partial charge on any atom is -0.497 e. The lowest BCUT2D eigenvalue weighted by Gasteiger charge is -2.30. The van der Waals surface area contributed by atoms with Gasteiger partial charge in [0.05, 0.1) is 14.2 Å². The highest BCUT2D eigenvalue weighted by molar-refractivity contribution is 7.58. The minimum absolute atomic E-state index is 0.249. The van der Waals surface area contributed by atoms with Crippen molar-refractivity contribution in [3.05, 3.63) is 143 Å². The second-order valence-electron chi connectivity index (χ2n) is 16.1. The third kappa shape index (κ3) is 7.95. The molecule has 2 heterocycles. The van der Waals surface area contributed by atoms with Crippen LogP contribution in [0.4, 0.5) is 0 Å². The average molecular weight is 747 g/mol. The van der Waals surface area contributed by atoms with E-state index in [4.69, 9.17) is 22.4 Å². The number of fused-ring (bicyclic) bond motifs is 3. The summed E-state index contributed by atoms with van der Waals surface area (Å²) in [5.41, 5.74) is 8.00. The maximum atomic E-state index is 7.32. The monoisotopic (exact) mass is 746 g/mol. The molecule has 5 aromatic carbocycles. The zero-order chi connectivity index (χ0) is 37.3. The molecule has 6 aromatic rings. The number of methoxy groups -OCH3 is 2. The van der Waals surface area contributed by atoms with Crippen molar-refractivity contribution in [3.8, 4) is 11.5 Å². The van der Waals surface area contributed by atoms with Gasteiger partial charge in [-0.15, -0.1) is 0 Å². The summed E-state index contributed by atoms with van der Waals surface area (Å²) in [4.78, 5) is 0. The zero-order valence-electron chi connectivity index (χ0n) is 32.3. The molecular formula is C46H52O5P2. The zero-order valence-corrected chi connectivity index (χ0v) is 34.0. The van der Waals surface area contributed by atoms with Crippen LogP contribution in [0.2, 0.25) is 0 Å². The van der Waals surface area contributed by atoms with Gasteiger partial charge in [-0.2, -0.15) is 0 Å². The molecule has 0 radical (unpaired) electrons. The second kappa shape index (κ2) is 15.4. The molecule has 53 heavy (non-hydrogen) atoms. The van der Waals surface area contributed by atoms with Gasteiger partial charge in [0.2, 0.25) is 0 Å². The average Bonchev–Trinajstić information content (AvgIpc) is 3.51. The summed E-state index contributed by atoms with van der Waals surface area (Å²) >= 11 is 0. The molecule has 1 aromatic heterocycles. The first-order valence-corrected chi connectivity index (χ1v) is 21.4. The molecule has 0 spiro atoms. The third-order valence-electron chi connectivity index (χ3n) is 10.5. The van der Waals surface area contributed by atoms with Crippen molar-refractivity contribution >= 4 is 38.1 Å². The first-order chi connectivity index (χ1) is 25.4. The predicted molar refractivity (Wildman–Crippen MR) is 222 cm³/mol. The Bertz CT molecular complexity index is 2070. The van der Waals surface area contributed by atoms with E-state index in [1.165, 1.54) is 11.1 Å². The topological polar surface area (TPSA) is 54.0 Å². The first-order valence-electron chi connectivity index (χ1n) is 18.6. The summed E-state index contributed by atoms with van der Waals surface area (Å²) in [5, 5.41) is 1.82. The normalized spacial score (nSPS) is 17.3. The Morgan fingerprint density at radius 2 is 1.02 bits per heavy atom. The summed E-state index contributed by atoms with van der Waals surface area (Å²) < 4.78 is 33.3. The highest BCUT2D eigenvalue weighted by atomic mass is 31.1. The van der Waals surface area contributed by atoms with Gasteiger partial charge in [0.25, 0.3) is 0 Å². The van der Waals surface area contributed by atoms with Crippen molar-refractivity contribution in [2.24, 2.45) is 0 Å². The fourth-order valence-corrected chi connectivity index (χ4v) is 12.7. The number of rotatable bonds is 9. The van der Waals surface area contributed by atoms with Crippen molar-refractivity contribution in [3.63, 3.8) is 0 Å². The van der Waals surface area contributed by atoms with Gasteiger partial charge in [0.1, 0.15) is 28.8 Å². The van der Waals surface area contributed by atoms with E-state index < -0.39 is 16.2 Å². The largest absolute Gasteiger partial charge is 0.497 e. The number of ether oxygens (including phenoxy) is 2. The highest BCUT2D eigenvalue weighted by Gasteiger charge is 2.39. The van der Waals surface area contributed by atoms with E-state index in [2.05, 4.69) is 157 Å². The van der Waals surface area contributed by atoms with Crippen molar-refractivity contribution in [2.45, 2.75) is 82.6 Å². The number of hydrogen-bond acceptors (Lipinski definition) is 5. The molecule has 0 saturated carbocycles. The second-order valence-corrected chi connectivity index (χ2v) is 19.8. The maximum Gasteiger partial charge on any atom is 0.388 e. The summed E-state index contributed by atoms with van der Waals surface area (Å²) in [5.74, 6) is 1.53. The lowest BCUT2D eigenvalue weighted by atomic mass is 9.84. The fraction of sp³-hybridized carbons (Fsp3) is 0.348. The van der Waals surface area contributed by atoms with Crippen molar-refractivity contribution < 1.29 is 22.4 Å². The first kappa shape index (κ1) is 37.3. The summed E-state index contributed by atoms with van der Waals surface area (Å²) in [6, 6.07) is 41.2. The summed E-state index contributed by atoms with van der Waals surface area (Å²) in [7, 11) is 0.963. The molecule has 0 amide bonds. The van der Waals surface area contributed by atoms with Crippen LogP contribution >= 0.6 is 16.2 Å². The van der Waals surface area contributed by atoms with Gasteiger partial charge in [-0.25, -0.2) is 0 Å². The molecule has 7 rings (SSSR count). The standard InChI is InChI=1S/C46H52O5P2/c1-45(2,3)38-28-34(47-7)26-36-37-27-35(48-8)29-39(46(4,5)6)44(37)51-53(50-43(36)38)49-40(31-18-12-9-13-19-31)30-52-41(32-20-14-10-15-21-32)24-25-42(52)33-22-16-11-17-23-33/h9-23,26-29,40-42H,24-25,30H2,1-8H3/t40-,41-,42-/m1/s1. The van der Waals surface area contributed by atoms with Gasteiger partial charge in [0.15, 0.2) is 0 Å². The molecule has 0 bridgehead atoms. The van der Waals surface area contributed by atoms with Crippen LogP contribution in [0, 0.1) is 0 Å². The fourth-order valence-electron chi connectivity index (χ4n) is 7.71. The van der Waals surface area contributed by atoms with Crippen LogP contribution in [-0.2, 0) is 10.8 Å². The van der Waals surface area contributed by atoms with Crippen molar-refractivity contribution in [1.82, 2.24) is 0 Å². The Labute approximate surface area is 317 Å². The van der Waals surface area contributed by atoms with Crippen LogP contribution in [0.25, 0.3) is 21.9 Å². The SMILES string of the molecule is COc1cc(C(C)(C)C)c2op(O[C@H](CP3[C@@H](c4ccccc4)CC[C@@H]3c3ccccc3)c3ccccc3)oc3c(C(C)(C)C)cc(OC)cc3c2c1. The molecule has 0 N–H and O–H groups in total. The minimum atomic E-state index is -1.92. The van der Waals surface area contributed by atoms with Gasteiger partial charge in [0, 0.05) is 39.4 Å². The molecule has 0 aliphatic carbocycles. The van der Waals surface area contributed by atoms with E-state index in [1.807, 2.05) is 0 Å². The Morgan fingerprint density at radius 3 is 1.42 bits per heavy atom. The molecule has 3 atom stereocenters. The predicted octanol–water partition coefficient (Wildman–Crippen LogP) is 13.8. The molecule has 7 heteroatoms. The van der Waals surface area contributed by atoms with Gasteiger partial charge >= 0.3 is 8.24 Å². The van der Waals surface area contributed by atoms with Crippen LogP contribution in [-0.4, -0.2) is 20.4 Å². The van der Waals surface area contributed by atoms with Gasteiger partial charge in [-0.3, -0.25) is 4.52 Å². The van der Waals surface area contributed by atoms with Gasteiger partial charge in [-0.1, -0.05) is 140 Å². The maximum absolute atomic E-state index is 7.32. The van der Waals surface area contributed by atoms with Crippen LogP contribution in [0.15, 0.2) is 124 Å². The lowest BCUT2D eigenvalue weighted by molar-refractivity contribution is 0.288. The molecule has 1 saturated heterocycles. The van der Waals surface area contributed by atoms with Crippen LogP contribution in [0.5, 0.6) is 11.5 Å². The van der Waals surface area contributed by atoms with E-state index >= 15 is 0 Å².